The van der Waals surface area contributed by atoms with Crippen molar-refractivity contribution < 1.29 is 18.3 Å². The highest BCUT2D eigenvalue weighted by Gasteiger charge is 2.31. The minimum Gasteiger partial charge on any atom is -0.388 e. The van der Waals surface area contributed by atoms with Crippen LogP contribution in [0.5, 0.6) is 0 Å². The van der Waals surface area contributed by atoms with Gasteiger partial charge >= 0.3 is 6.18 Å². The van der Waals surface area contributed by atoms with Crippen LogP contribution in [-0.2, 0) is 19.3 Å². The van der Waals surface area contributed by atoms with Crippen LogP contribution in [0.4, 0.5) is 13.2 Å². The third-order valence-electron chi connectivity index (χ3n) is 4.81. The van der Waals surface area contributed by atoms with Crippen LogP contribution in [-0.4, -0.2) is 39.2 Å². The molecule has 1 N–H and O–H groups in total. The van der Waals surface area contributed by atoms with Crippen LogP contribution in [0.1, 0.15) is 57.3 Å². The number of alkyl halides is 3. The molecular formula is C20H30F3N3O. The molecule has 0 amide bonds. The summed E-state index contributed by atoms with van der Waals surface area (Å²) in [5.74, 6) is 0.415. The number of hydrogen-bond donors (Lipinski definition) is 1. The maximum absolute atomic E-state index is 12.9. The standard InChI is InChI=1S/C20H30F3N3O/c1-3-5-10-25(11-6-4-2)12-7-13-26-18-9-8-16(20(21,22)23)14-17(18)24-19(26)15-27/h8-9,14,27H,3-7,10-13,15H2,1-2H3. The number of aryl methyl sites for hydroxylation is 1. The maximum Gasteiger partial charge on any atom is 0.416 e. The van der Waals surface area contributed by atoms with E-state index in [4.69, 9.17) is 0 Å². The number of fused-ring (bicyclic) bond motifs is 1. The number of unbranched alkanes of at least 4 members (excludes halogenated alkanes) is 2. The first kappa shape index (κ1) is 21.7. The van der Waals surface area contributed by atoms with Crippen LogP contribution < -0.4 is 0 Å². The Hall–Kier alpha value is -1.60. The fourth-order valence-electron chi connectivity index (χ4n) is 3.28. The van der Waals surface area contributed by atoms with Gasteiger partial charge in [-0.2, -0.15) is 13.2 Å². The molecule has 0 bridgehead atoms. The molecule has 0 atom stereocenters. The van der Waals surface area contributed by atoms with E-state index >= 15 is 0 Å². The summed E-state index contributed by atoms with van der Waals surface area (Å²) in [5.41, 5.74) is 0.206. The predicted molar refractivity (Wildman–Crippen MR) is 102 cm³/mol. The number of nitrogens with zero attached hydrogens (tertiary/aromatic N) is 3. The second-order valence-electron chi connectivity index (χ2n) is 6.94. The molecule has 1 aromatic carbocycles. The molecule has 4 nitrogen and oxygen atoms in total. The number of aliphatic hydroxyl groups excluding tert-OH is 1. The van der Waals surface area contributed by atoms with E-state index < -0.39 is 11.7 Å². The number of rotatable bonds is 11. The molecule has 0 unspecified atom stereocenters. The molecule has 1 heterocycles. The van der Waals surface area contributed by atoms with Gasteiger partial charge in [0.2, 0.25) is 0 Å². The number of hydrogen-bond acceptors (Lipinski definition) is 3. The number of imidazole rings is 1. The Bertz CT molecular complexity index is 704. The second kappa shape index (κ2) is 10.1. The van der Waals surface area contributed by atoms with Crippen LogP contribution in [0.3, 0.4) is 0 Å². The lowest BCUT2D eigenvalue weighted by molar-refractivity contribution is -0.137. The molecule has 27 heavy (non-hydrogen) atoms. The summed E-state index contributed by atoms with van der Waals surface area (Å²) in [6.45, 7) is 7.78. The minimum atomic E-state index is -4.39. The zero-order chi connectivity index (χ0) is 19.9. The van der Waals surface area contributed by atoms with E-state index in [-0.39, 0.29) is 12.1 Å². The van der Waals surface area contributed by atoms with Gasteiger partial charge < -0.3 is 14.6 Å². The second-order valence-corrected chi connectivity index (χ2v) is 6.94. The van der Waals surface area contributed by atoms with Gasteiger partial charge in [0.05, 0.1) is 16.6 Å². The topological polar surface area (TPSA) is 41.3 Å². The summed E-state index contributed by atoms with van der Waals surface area (Å²) in [5, 5.41) is 9.57. The van der Waals surface area contributed by atoms with Crippen LogP contribution in [0.2, 0.25) is 0 Å². The van der Waals surface area contributed by atoms with E-state index in [0.29, 0.717) is 17.9 Å². The highest BCUT2D eigenvalue weighted by Crippen LogP contribution is 2.31. The monoisotopic (exact) mass is 385 g/mol. The molecule has 0 radical (unpaired) electrons. The summed E-state index contributed by atoms with van der Waals surface area (Å²) >= 11 is 0. The molecule has 0 aliphatic rings. The van der Waals surface area contributed by atoms with Gasteiger partial charge in [0, 0.05) is 6.54 Å². The van der Waals surface area contributed by atoms with Gasteiger partial charge in [-0.05, 0) is 57.1 Å². The first-order valence-corrected chi connectivity index (χ1v) is 9.80. The summed E-state index contributed by atoms with van der Waals surface area (Å²) in [6.07, 6.45) is 1.12. The molecule has 152 valence electrons. The Morgan fingerprint density at radius 3 is 2.22 bits per heavy atom. The fraction of sp³-hybridized carbons (Fsp3) is 0.650. The van der Waals surface area contributed by atoms with Crippen molar-refractivity contribution in [1.29, 1.82) is 0 Å². The zero-order valence-corrected chi connectivity index (χ0v) is 16.2. The van der Waals surface area contributed by atoms with E-state index in [1.165, 1.54) is 18.9 Å². The van der Waals surface area contributed by atoms with Gasteiger partial charge in [-0.25, -0.2) is 4.98 Å². The summed E-state index contributed by atoms with van der Waals surface area (Å²) < 4.78 is 40.6. The molecule has 2 aromatic rings. The Labute approximate surface area is 159 Å². The van der Waals surface area contributed by atoms with E-state index in [0.717, 1.165) is 51.0 Å². The van der Waals surface area contributed by atoms with E-state index in [1.54, 1.807) is 0 Å². The molecule has 0 saturated carbocycles. The fourth-order valence-corrected chi connectivity index (χ4v) is 3.28. The van der Waals surface area contributed by atoms with Crippen molar-refractivity contribution in [3.8, 4) is 0 Å². The first-order chi connectivity index (χ1) is 12.9. The van der Waals surface area contributed by atoms with Gasteiger partial charge in [-0.1, -0.05) is 26.7 Å². The van der Waals surface area contributed by atoms with Crippen molar-refractivity contribution in [3.05, 3.63) is 29.6 Å². The zero-order valence-electron chi connectivity index (χ0n) is 16.2. The van der Waals surface area contributed by atoms with Gasteiger partial charge in [-0.15, -0.1) is 0 Å². The lowest BCUT2D eigenvalue weighted by Gasteiger charge is -2.22. The molecule has 2 rings (SSSR count). The summed E-state index contributed by atoms with van der Waals surface area (Å²) in [7, 11) is 0. The number of aromatic nitrogens is 2. The number of halogens is 3. The summed E-state index contributed by atoms with van der Waals surface area (Å²) in [6, 6.07) is 3.59. The molecule has 7 heteroatoms. The van der Waals surface area contributed by atoms with Crippen LogP contribution >= 0.6 is 0 Å². The van der Waals surface area contributed by atoms with Crippen LogP contribution in [0, 0.1) is 0 Å². The van der Waals surface area contributed by atoms with Gasteiger partial charge in [0.15, 0.2) is 0 Å². The van der Waals surface area contributed by atoms with E-state index in [9.17, 15) is 18.3 Å². The smallest absolute Gasteiger partial charge is 0.388 e. The van der Waals surface area contributed by atoms with E-state index in [2.05, 4.69) is 23.7 Å². The lowest BCUT2D eigenvalue weighted by Crippen LogP contribution is -2.28. The Morgan fingerprint density at radius 2 is 1.67 bits per heavy atom. The van der Waals surface area contributed by atoms with Crippen molar-refractivity contribution in [2.24, 2.45) is 0 Å². The van der Waals surface area contributed by atoms with Crippen LogP contribution in [0.15, 0.2) is 18.2 Å². The van der Waals surface area contributed by atoms with Crippen molar-refractivity contribution in [2.75, 3.05) is 19.6 Å². The largest absolute Gasteiger partial charge is 0.416 e. The van der Waals surface area contributed by atoms with Gasteiger partial charge in [0.25, 0.3) is 0 Å². The van der Waals surface area contributed by atoms with E-state index in [1.807, 2.05) is 4.57 Å². The molecule has 0 aliphatic carbocycles. The van der Waals surface area contributed by atoms with Crippen molar-refractivity contribution in [2.45, 2.75) is 65.3 Å². The third kappa shape index (κ3) is 5.94. The van der Waals surface area contributed by atoms with Gasteiger partial charge in [-0.3, -0.25) is 0 Å². The average molecular weight is 385 g/mol. The molecule has 0 fully saturated rings. The first-order valence-electron chi connectivity index (χ1n) is 9.80. The summed E-state index contributed by atoms with van der Waals surface area (Å²) in [4.78, 5) is 6.65. The molecule has 0 aliphatic heterocycles. The lowest BCUT2D eigenvalue weighted by atomic mass is 10.2. The predicted octanol–water partition coefficient (Wildman–Crippen LogP) is 4.84. The highest BCUT2D eigenvalue weighted by molar-refractivity contribution is 5.77. The van der Waals surface area contributed by atoms with Crippen molar-refractivity contribution in [3.63, 3.8) is 0 Å². The number of benzene rings is 1. The van der Waals surface area contributed by atoms with Crippen molar-refractivity contribution in [1.82, 2.24) is 14.5 Å². The highest BCUT2D eigenvalue weighted by atomic mass is 19.4. The maximum atomic E-state index is 12.9. The van der Waals surface area contributed by atoms with Crippen LogP contribution in [0.25, 0.3) is 11.0 Å². The van der Waals surface area contributed by atoms with Crippen molar-refractivity contribution >= 4 is 11.0 Å². The Morgan fingerprint density at radius 1 is 1.04 bits per heavy atom. The Balaban J connectivity index is 2.10. The molecule has 0 saturated heterocycles. The number of aliphatic hydroxyl groups is 1. The quantitative estimate of drug-likeness (QED) is 0.602. The normalized spacial score (nSPS) is 12.4. The molecule has 1 aromatic heterocycles. The average Bonchev–Trinajstić information content (AvgIpc) is 2.99. The Kier molecular flexibility index (Phi) is 8.10. The molecule has 0 spiro atoms. The minimum absolute atomic E-state index is 0.280. The third-order valence-corrected chi connectivity index (χ3v) is 4.81. The SMILES string of the molecule is CCCCN(CCCC)CCCn1c(CO)nc2cc(C(F)(F)F)ccc21. The van der Waals surface area contributed by atoms with Gasteiger partial charge in [0.1, 0.15) is 12.4 Å². The molecular weight excluding hydrogens is 355 g/mol.